The van der Waals surface area contributed by atoms with Crippen LogP contribution in [0.1, 0.15) is 19.6 Å². The number of carbonyl (C=O) groups excluding carboxylic acids is 1. The third-order valence-corrected chi connectivity index (χ3v) is 4.25. The third-order valence-electron chi connectivity index (χ3n) is 3.13. The lowest BCUT2D eigenvalue weighted by Crippen LogP contribution is -2.42. The minimum atomic E-state index is -0.522. The summed E-state index contributed by atoms with van der Waals surface area (Å²) in [6.45, 7) is 5.39. The first-order valence-electron chi connectivity index (χ1n) is 6.72. The molecule has 1 aromatic heterocycles. The number of nitrogens with zero attached hydrogens (tertiary/aromatic N) is 2. The standard InChI is InChI=1S/C15H17ClN2O3S/c1-9(2)17(12-7-5-11(16)6-8-12)15(20)18-14(19)13(22-4)10(3)21-18/h5-9H,1-4H3. The predicted molar refractivity (Wildman–Crippen MR) is 89.3 cm³/mol. The lowest BCUT2D eigenvalue weighted by Gasteiger charge is -2.25. The summed E-state index contributed by atoms with van der Waals surface area (Å²) in [6, 6.07) is 6.19. The number of anilines is 1. The maximum Gasteiger partial charge on any atom is 0.365 e. The normalized spacial score (nSPS) is 11.0. The molecule has 0 fully saturated rings. The Hall–Kier alpha value is -1.66. The van der Waals surface area contributed by atoms with Crippen LogP contribution in [-0.4, -0.2) is 23.1 Å². The van der Waals surface area contributed by atoms with Crippen LogP contribution in [0.5, 0.6) is 0 Å². The van der Waals surface area contributed by atoms with Gasteiger partial charge in [0.25, 0.3) is 0 Å². The summed E-state index contributed by atoms with van der Waals surface area (Å²) in [6.07, 6.45) is 1.77. The van der Waals surface area contributed by atoms with Crippen molar-refractivity contribution in [1.82, 2.24) is 4.74 Å². The number of hydrogen-bond donors (Lipinski definition) is 0. The van der Waals surface area contributed by atoms with Crippen molar-refractivity contribution in [1.29, 1.82) is 0 Å². The highest BCUT2D eigenvalue weighted by Gasteiger charge is 2.26. The number of aryl methyl sites for hydroxylation is 1. The van der Waals surface area contributed by atoms with E-state index in [9.17, 15) is 9.59 Å². The SMILES string of the molecule is CSc1c(C)on(C(=O)N(c2ccc(Cl)cc2)C(C)C)c1=O. The fourth-order valence-corrected chi connectivity index (χ4v) is 2.86. The molecule has 0 aliphatic carbocycles. The molecular formula is C15H17ClN2O3S. The minimum absolute atomic E-state index is 0.149. The van der Waals surface area contributed by atoms with Crippen molar-refractivity contribution in [3.8, 4) is 0 Å². The van der Waals surface area contributed by atoms with Crippen molar-refractivity contribution in [2.24, 2.45) is 0 Å². The number of halogens is 1. The molecule has 2 aromatic rings. The largest absolute Gasteiger partial charge is 0.371 e. The Morgan fingerprint density at radius 3 is 2.36 bits per heavy atom. The van der Waals surface area contributed by atoms with Crippen LogP contribution in [-0.2, 0) is 0 Å². The van der Waals surface area contributed by atoms with Gasteiger partial charge in [0.1, 0.15) is 10.7 Å². The number of benzene rings is 1. The van der Waals surface area contributed by atoms with Crippen LogP contribution in [0.2, 0.25) is 5.02 Å². The van der Waals surface area contributed by atoms with Crippen molar-refractivity contribution in [3.63, 3.8) is 0 Å². The summed E-state index contributed by atoms with van der Waals surface area (Å²) < 4.78 is 6.14. The molecule has 0 spiro atoms. The summed E-state index contributed by atoms with van der Waals surface area (Å²) in [7, 11) is 0. The molecule has 1 heterocycles. The summed E-state index contributed by atoms with van der Waals surface area (Å²) in [4.78, 5) is 26.9. The average Bonchev–Trinajstić information content (AvgIpc) is 2.75. The maximum atomic E-state index is 12.7. The van der Waals surface area contributed by atoms with Gasteiger partial charge in [-0.05, 0) is 51.3 Å². The number of aromatic nitrogens is 1. The number of thioether (sulfide) groups is 1. The van der Waals surface area contributed by atoms with Crippen LogP contribution in [0, 0.1) is 6.92 Å². The Labute approximate surface area is 137 Å². The number of carbonyl (C=O) groups is 1. The quantitative estimate of drug-likeness (QED) is 0.792. The molecule has 0 aliphatic heterocycles. The highest BCUT2D eigenvalue weighted by atomic mass is 35.5. The lowest BCUT2D eigenvalue weighted by atomic mass is 10.2. The van der Waals surface area contributed by atoms with E-state index in [1.165, 1.54) is 16.7 Å². The van der Waals surface area contributed by atoms with Crippen LogP contribution in [0.15, 0.2) is 38.5 Å². The van der Waals surface area contributed by atoms with Gasteiger partial charge in [-0.1, -0.05) is 16.3 Å². The van der Waals surface area contributed by atoms with Gasteiger partial charge in [-0.3, -0.25) is 9.69 Å². The highest BCUT2D eigenvalue weighted by molar-refractivity contribution is 7.98. The van der Waals surface area contributed by atoms with Crippen LogP contribution in [0.3, 0.4) is 0 Å². The van der Waals surface area contributed by atoms with E-state index in [4.69, 9.17) is 16.1 Å². The van der Waals surface area contributed by atoms with Crippen LogP contribution >= 0.6 is 23.4 Å². The predicted octanol–water partition coefficient (Wildman–Crippen LogP) is 4.01. The maximum absolute atomic E-state index is 12.7. The van der Waals surface area contributed by atoms with Gasteiger partial charge in [0.15, 0.2) is 0 Å². The molecule has 5 nitrogen and oxygen atoms in total. The van der Waals surface area contributed by atoms with Crippen molar-refractivity contribution in [3.05, 3.63) is 45.4 Å². The molecular weight excluding hydrogens is 324 g/mol. The molecule has 0 bridgehead atoms. The topological polar surface area (TPSA) is 55.5 Å². The van der Waals surface area contributed by atoms with E-state index in [1.54, 1.807) is 37.4 Å². The zero-order valence-electron chi connectivity index (χ0n) is 12.8. The van der Waals surface area contributed by atoms with Gasteiger partial charge >= 0.3 is 11.6 Å². The fraction of sp³-hybridized carbons (Fsp3) is 0.333. The Morgan fingerprint density at radius 2 is 1.91 bits per heavy atom. The van der Waals surface area contributed by atoms with Gasteiger partial charge in [0, 0.05) is 16.8 Å². The molecule has 0 unspecified atom stereocenters. The first-order valence-corrected chi connectivity index (χ1v) is 8.33. The highest BCUT2D eigenvalue weighted by Crippen LogP contribution is 2.22. The van der Waals surface area contributed by atoms with E-state index in [0.29, 0.717) is 21.4 Å². The number of rotatable bonds is 3. The smallest absolute Gasteiger partial charge is 0.365 e. The molecule has 1 aromatic carbocycles. The van der Waals surface area contributed by atoms with E-state index in [1.807, 2.05) is 13.8 Å². The Balaban J connectivity index is 2.48. The summed E-state index contributed by atoms with van der Waals surface area (Å²) in [5.74, 6) is 0.436. The van der Waals surface area contributed by atoms with Gasteiger partial charge in [-0.25, -0.2) is 4.79 Å². The molecule has 1 amide bonds. The third kappa shape index (κ3) is 3.08. The first-order chi connectivity index (χ1) is 10.4. The van der Waals surface area contributed by atoms with E-state index < -0.39 is 11.6 Å². The van der Waals surface area contributed by atoms with Gasteiger partial charge in [-0.15, -0.1) is 11.8 Å². The molecule has 118 valence electrons. The molecule has 0 N–H and O–H groups in total. The van der Waals surface area contributed by atoms with Crippen molar-refractivity contribution in [2.45, 2.75) is 31.7 Å². The van der Waals surface area contributed by atoms with Crippen LogP contribution in [0.4, 0.5) is 10.5 Å². The summed E-state index contributed by atoms with van der Waals surface area (Å²) >= 11 is 7.14. The van der Waals surface area contributed by atoms with Crippen LogP contribution < -0.4 is 10.5 Å². The number of amides is 1. The minimum Gasteiger partial charge on any atom is -0.371 e. The fourth-order valence-electron chi connectivity index (χ4n) is 2.15. The molecule has 22 heavy (non-hydrogen) atoms. The lowest BCUT2D eigenvalue weighted by molar-refractivity contribution is 0.210. The summed E-state index contributed by atoms with van der Waals surface area (Å²) in [5.41, 5.74) is 0.214. The second-order valence-electron chi connectivity index (χ2n) is 5.00. The van der Waals surface area contributed by atoms with Crippen LogP contribution in [0.25, 0.3) is 0 Å². The first kappa shape index (κ1) is 16.7. The van der Waals surface area contributed by atoms with E-state index in [-0.39, 0.29) is 6.04 Å². The average molecular weight is 341 g/mol. The molecule has 0 radical (unpaired) electrons. The Kier molecular flexibility index (Phi) is 5.03. The number of hydrogen-bond acceptors (Lipinski definition) is 4. The molecule has 0 aliphatic rings. The molecule has 7 heteroatoms. The van der Waals surface area contributed by atoms with Gasteiger partial charge in [0.2, 0.25) is 0 Å². The van der Waals surface area contributed by atoms with E-state index >= 15 is 0 Å². The zero-order valence-corrected chi connectivity index (χ0v) is 14.4. The Bertz CT molecular complexity index is 734. The monoisotopic (exact) mass is 340 g/mol. The molecule has 0 saturated heterocycles. The van der Waals surface area contributed by atoms with Crippen molar-refractivity contribution < 1.29 is 9.32 Å². The van der Waals surface area contributed by atoms with Crippen molar-refractivity contribution >= 4 is 35.1 Å². The molecule has 0 atom stereocenters. The van der Waals surface area contributed by atoms with Gasteiger partial charge in [0.05, 0.1) is 0 Å². The summed E-state index contributed by atoms with van der Waals surface area (Å²) in [5, 5.41) is 0.579. The second-order valence-corrected chi connectivity index (χ2v) is 6.26. The second kappa shape index (κ2) is 6.62. The zero-order chi connectivity index (χ0) is 16.4. The Morgan fingerprint density at radius 1 is 1.32 bits per heavy atom. The van der Waals surface area contributed by atoms with Gasteiger partial charge < -0.3 is 4.52 Å². The van der Waals surface area contributed by atoms with Gasteiger partial charge in [-0.2, -0.15) is 0 Å². The van der Waals surface area contributed by atoms with E-state index in [2.05, 4.69) is 0 Å². The van der Waals surface area contributed by atoms with E-state index in [0.717, 1.165) is 4.74 Å². The van der Waals surface area contributed by atoms with Crippen molar-refractivity contribution in [2.75, 3.05) is 11.2 Å². The molecule has 0 saturated carbocycles. The molecule has 2 rings (SSSR count).